The summed E-state index contributed by atoms with van der Waals surface area (Å²) in [5, 5.41) is 9.67. The first kappa shape index (κ1) is 11.0. The van der Waals surface area contributed by atoms with Crippen molar-refractivity contribution in [1.29, 1.82) is 0 Å². The number of nitrogens with zero attached hydrogens (tertiary/aromatic N) is 2. The van der Waals surface area contributed by atoms with Gasteiger partial charge in [0.1, 0.15) is 6.10 Å². The minimum Gasteiger partial charge on any atom is -0.394 e. The van der Waals surface area contributed by atoms with Gasteiger partial charge < -0.3 is 14.7 Å². The number of hydrogen-bond donors (Lipinski definition) is 1. The van der Waals surface area contributed by atoms with Gasteiger partial charge in [0.25, 0.3) is 0 Å². The number of carbonyl (C=O) groups excluding carboxylic acids is 1. The molecular formula is C8H9BrN2O3S. The Morgan fingerprint density at radius 1 is 1.87 bits per heavy atom. The molecule has 0 bridgehead atoms. The standard InChI is InChI=1S/C8H9BrN2O3S/c9-6-1-10-8(15-6)11-2-5(3-12)14-7(11)4-13/h1,4-5,7,12H,2-3H2/t5-,7?/m1/s1. The number of hydrogen-bond acceptors (Lipinski definition) is 6. The fourth-order valence-corrected chi connectivity index (χ4v) is 2.63. The molecule has 0 saturated carbocycles. The highest BCUT2D eigenvalue weighted by Gasteiger charge is 2.33. The van der Waals surface area contributed by atoms with Crippen LogP contribution in [0.2, 0.25) is 0 Å². The van der Waals surface area contributed by atoms with Crippen LogP contribution in [0.1, 0.15) is 0 Å². The maximum atomic E-state index is 10.8. The van der Waals surface area contributed by atoms with Gasteiger partial charge in [-0.2, -0.15) is 0 Å². The number of aromatic nitrogens is 1. The van der Waals surface area contributed by atoms with E-state index in [2.05, 4.69) is 20.9 Å². The Balaban J connectivity index is 2.17. The Bertz CT molecular complexity index is 359. The van der Waals surface area contributed by atoms with E-state index in [4.69, 9.17) is 9.84 Å². The van der Waals surface area contributed by atoms with Gasteiger partial charge in [0.15, 0.2) is 17.6 Å². The maximum Gasteiger partial charge on any atom is 0.189 e. The van der Waals surface area contributed by atoms with Crippen LogP contribution in [-0.4, -0.2) is 41.9 Å². The highest BCUT2D eigenvalue weighted by atomic mass is 79.9. The van der Waals surface area contributed by atoms with Gasteiger partial charge in [0.05, 0.1) is 23.1 Å². The van der Waals surface area contributed by atoms with Crippen molar-refractivity contribution in [3.8, 4) is 0 Å². The monoisotopic (exact) mass is 292 g/mol. The van der Waals surface area contributed by atoms with Crippen molar-refractivity contribution < 1.29 is 14.6 Å². The fourth-order valence-electron chi connectivity index (χ4n) is 1.41. The Hall–Kier alpha value is -0.500. The smallest absolute Gasteiger partial charge is 0.189 e. The second-order valence-corrected chi connectivity index (χ2v) is 5.45. The molecule has 0 amide bonds. The van der Waals surface area contributed by atoms with E-state index in [0.29, 0.717) is 12.8 Å². The van der Waals surface area contributed by atoms with Gasteiger partial charge in [-0.15, -0.1) is 0 Å². The normalized spacial score (nSPS) is 25.9. The molecule has 1 aliphatic heterocycles. The highest BCUT2D eigenvalue weighted by Crippen LogP contribution is 2.30. The Morgan fingerprint density at radius 2 is 2.67 bits per heavy atom. The Kier molecular flexibility index (Phi) is 3.35. The van der Waals surface area contributed by atoms with Crippen LogP contribution in [-0.2, 0) is 9.53 Å². The summed E-state index contributed by atoms with van der Waals surface area (Å²) in [5.74, 6) is 0. The molecule has 0 aromatic carbocycles. The van der Waals surface area contributed by atoms with E-state index in [1.807, 2.05) is 0 Å². The van der Waals surface area contributed by atoms with E-state index in [1.54, 1.807) is 11.1 Å². The lowest BCUT2D eigenvalue weighted by atomic mass is 10.4. The van der Waals surface area contributed by atoms with Crippen molar-refractivity contribution in [3.63, 3.8) is 0 Å². The molecule has 1 N–H and O–H groups in total. The molecule has 2 atom stereocenters. The SMILES string of the molecule is O=CC1O[C@@H](CO)CN1c1ncc(Br)s1. The van der Waals surface area contributed by atoms with Crippen molar-refractivity contribution in [1.82, 2.24) is 4.98 Å². The van der Waals surface area contributed by atoms with E-state index < -0.39 is 6.23 Å². The highest BCUT2D eigenvalue weighted by molar-refractivity contribution is 9.11. The molecule has 1 unspecified atom stereocenters. The Morgan fingerprint density at radius 3 is 3.20 bits per heavy atom. The molecule has 0 radical (unpaired) electrons. The van der Waals surface area contributed by atoms with Crippen molar-refractivity contribution >= 4 is 38.7 Å². The first-order valence-corrected chi connectivity index (χ1v) is 5.95. The molecule has 82 valence electrons. The van der Waals surface area contributed by atoms with Crippen molar-refractivity contribution in [3.05, 3.63) is 9.98 Å². The van der Waals surface area contributed by atoms with E-state index >= 15 is 0 Å². The molecule has 1 aromatic heterocycles. The molecule has 1 aromatic rings. The molecule has 2 rings (SSSR count). The zero-order valence-corrected chi connectivity index (χ0v) is 10.1. The first-order chi connectivity index (χ1) is 7.24. The van der Waals surface area contributed by atoms with Crippen LogP contribution in [0.25, 0.3) is 0 Å². The zero-order valence-electron chi connectivity index (χ0n) is 7.67. The lowest BCUT2D eigenvalue weighted by Crippen LogP contribution is -2.31. The predicted octanol–water partition coefficient (Wildman–Crippen LogP) is 0.628. The number of aldehydes is 1. The minimum atomic E-state index is -0.639. The number of thiazole rings is 1. The molecule has 1 fully saturated rings. The summed E-state index contributed by atoms with van der Waals surface area (Å²) in [6.07, 6.45) is 1.43. The molecule has 1 saturated heterocycles. The predicted molar refractivity (Wildman–Crippen MR) is 59.0 cm³/mol. The average Bonchev–Trinajstić information content (AvgIpc) is 2.82. The second kappa shape index (κ2) is 4.56. The number of rotatable bonds is 3. The summed E-state index contributed by atoms with van der Waals surface area (Å²) in [5.41, 5.74) is 0. The van der Waals surface area contributed by atoms with Gasteiger partial charge >= 0.3 is 0 Å². The van der Waals surface area contributed by atoms with Gasteiger partial charge in [-0.1, -0.05) is 11.3 Å². The molecule has 15 heavy (non-hydrogen) atoms. The topological polar surface area (TPSA) is 62.7 Å². The number of anilines is 1. The van der Waals surface area contributed by atoms with Crippen LogP contribution in [0.5, 0.6) is 0 Å². The van der Waals surface area contributed by atoms with Crippen molar-refractivity contribution in [2.24, 2.45) is 0 Å². The summed E-state index contributed by atoms with van der Waals surface area (Å²) in [6.45, 7) is 0.396. The molecule has 5 nitrogen and oxygen atoms in total. The van der Waals surface area contributed by atoms with Gasteiger partial charge in [-0.25, -0.2) is 4.98 Å². The average molecular weight is 293 g/mol. The van der Waals surface area contributed by atoms with Crippen LogP contribution in [0.3, 0.4) is 0 Å². The van der Waals surface area contributed by atoms with Gasteiger partial charge in [-0.3, -0.25) is 4.79 Å². The number of ether oxygens (including phenoxy) is 1. The molecule has 7 heteroatoms. The van der Waals surface area contributed by atoms with Gasteiger partial charge in [0.2, 0.25) is 0 Å². The largest absolute Gasteiger partial charge is 0.394 e. The van der Waals surface area contributed by atoms with Crippen LogP contribution < -0.4 is 4.90 Å². The molecule has 1 aliphatic rings. The van der Waals surface area contributed by atoms with Crippen LogP contribution in [0, 0.1) is 0 Å². The fraction of sp³-hybridized carbons (Fsp3) is 0.500. The van der Waals surface area contributed by atoms with Gasteiger partial charge in [0, 0.05) is 0 Å². The molecule has 0 spiro atoms. The lowest BCUT2D eigenvalue weighted by molar-refractivity contribution is -0.117. The van der Waals surface area contributed by atoms with Crippen molar-refractivity contribution in [2.45, 2.75) is 12.3 Å². The molecular weight excluding hydrogens is 284 g/mol. The summed E-state index contributed by atoms with van der Waals surface area (Å²) in [6, 6.07) is 0. The second-order valence-electron chi connectivity index (χ2n) is 3.07. The van der Waals surface area contributed by atoms with Crippen LogP contribution >= 0.6 is 27.3 Å². The quantitative estimate of drug-likeness (QED) is 0.828. The first-order valence-electron chi connectivity index (χ1n) is 4.34. The minimum absolute atomic E-state index is 0.0899. The van der Waals surface area contributed by atoms with Crippen LogP contribution in [0.15, 0.2) is 9.98 Å². The summed E-state index contributed by atoms with van der Waals surface area (Å²) >= 11 is 4.73. The third-order valence-corrected chi connectivity index (χ3v) is 3.58. The maximum absolute atomic E-state index is 10.8. The molecule has 2 heterocycles. The van der Waals surface area contributed by atoms with E-state index in [1.165, 1.54) is 11.3 Å². The third kappa shape index (κ3) is 2.20. The zero-order chi connectivity index (χ0) is 10.8. The number of aliphatic hydroxyl groups excluding tert-OH is 1. The summed E-state index contributed by atoms with van der Waals surface area (Å²) in [4.78, 5) is 16.7. The van der Waals surface area contributed by atoms with Crippen LogP contribution in [0.4, 0.5) is 5.13 Å². The number of aliphatic hydroxyl groups is 1. The van der Waals surface area contributed by atoms with E-state index in [9.17, 15) is 4.79 Å². The Labute approximate surface area is 98.8 Å². The van der Waals surface area contributed by atoms with Crippen molar-refractivity contribution in [2.75, 3.05) is 18.1 Å². The third-order valence-electron chi connectivity index (χ3n) is 2.07. The number of carbonyl (C=O) groups is 1. The number of halogens is 1. The summed E-state index contributed by atoms with van der Waals surface area (Å²) < 4.78 is 6.19. The molecule has 0 aliphatic carbocycles. The van der Waals surface area contributed by atoms with Gasteiger partial charge in [-0.05, 0) is 15.9 Å². The van der Waals surface area contributed by atoms with E-state index in [-0.39, 0.29) is 12.7 Å². The van der Waals surface area contributed by atoms with E-state index in [0.717, 1.165) is 8.92 Å². The summed E-state index contributed by atoms with van der Waals surface area (Å²) in [7, 11) is 0. The lowest BCUT2D eigenvalue weighted by Gasteiger charge is -2.16.